The summed E-state index contributed by atoms with van der Waals surface area (Å²) in [6.45, 7) is 7.26. The molecule has 8 nitrogen and oxygen atoms in total. The van der Waals surface area contributed by atoms with Gasteiger partial charge in [0.05, 0.1) is 25.4 Å². The Kier molecular flexibility index (Phi) is 9.00. The minimum Gasteiger partial charge on any atom is -0.465 e. The third-order valence-electron chi connectivity index (χ3n) is 3.01. The Labute approximate surface area is 161 Å². The fraction of sp³-hybridized carbons (Fsp3) is 0.500. The second-order valence-electron chi connectivity index (χ2n) is 4.81. The molecule has 2 N–H and O–H groups in total. The van der Waals surface area contributed by atoms with Crippen LogP contribution in [0.2, 0.25) is 0 Å². The van der Waals surface area contributed by atoms with Gasteiger partial charge in [-0.15, -0.1) is 11.3 Å². The minimum absolute atomic E-state index is 0.111. The number of nitrogens with one attached hydrogen (secondary N) is 2. The Hall–Kier alpha value is -2.20. The Balaban J connectivity index is 3.02. The Morgan fingerprint density at radius 1 is 1.00 bits per heavy atom. The Morgan fingerprint density at radius 2 is 1.58 bits per heavy atom. The van der Waals surface area contributed by atoms with Crippen LogP contribution in [0.5, 0.6) is 0 Å². The third kappa shape index (κ3) is 5.95. The number of carbonyl (C=O) groups is 3. The molecule has 0 saturated heterocycles. The van der Waals surface area contributed by atoms with Crippen LogP contribution in [0.3, 0.4) is 0 Å². The summed E-state index contributed by atoms with van der Waals surface area (Å²) in [5, 5.41) is 5.96. The molecule has 0 amide bonds. The van der Waals surface area contributed by atoms with E-state index in [0.29, 0.717) is 10.6 Å². The van der Waals surface area contributed by atoms with Crippen molar-refractivity contribution in [2.24, 2.45) is 0 Å². The standard InChI is InChI=1S/C16H22N2O6S2/c1-5-22-10(19)8-17-16(25)18-13-11(14(20)23-6-2)9(4)12(26-13)15(21)24-7-3/h5-8H2,1-4H3,(H2,17,18,25). The van der Waals surface area contributed by atoms with Gasteiger partial charge < -0.3 is 24.8 Å². The van der Waals surface area contributed by atoms with Gasteiger partial charge in [-0.3, -0.25) is 4.79 Å². The molecule has 0 aliphatic heterocycles. The average Bonchev–Trinajstić information content (AvgIpc) is 2.90. The van der Waals surface area contributed by atoms with Crippen LogP contribution >= 0.6 is 23.6 Å². The summed E-state index contributed by atoms with van der Waals surface area (Å²) in [6.07, 6.45) is 0. The van der Waals surface area contributed by atoms with Crippen LogP contribution in [0, 0.1) is 6.92 Å². The van der Waals surface area contributed by atoms with Crippen molar-refractivity contribution in [3.63, 3.8) is 0 Å². The fourth-order valence-corrected chi connectivity index (χ4v) is 3.29. The van der Waals surface area contributed by atoms with E-state index in [9.17, 15) is 14.4 Å². The first kappa shape index (κ1) is 21.8. The molecule has 1 heterocycles. The van der Waals surface area contributed by atoms with Gasteiger partial charge in [0, 0.05) is 0 Å². The summed E-state index contributed by atoms with van der Waals surface area (Å²) < 4.78 is 14.9. The van der Waals surface area contributed by atoms with Crippen molar-refractivity contribution in [2.75, 3.05) is 31.7 Å². The maximum absolute atomic E-state index is 12.3. The number of hydrogen-bond acceptors (Lipinski definition) is 8. The molecule has 0 radical (unpaired) electrons. The highest BCUT2D eigenvalue weighted by Gasteiger charge is 2.26. The first-order valence-corrected chi connectivity index (χ1v) is 9.26. The van der Waals surface area contributed by atoms with Crippen LogP contribution < -0.4 is 10.6 Å². The minimum atomic E-state index is -0.576. The summed E-state index contributed by atoms with van der Waals surface area (Å²) in [5.41, 5.74) is 0.655. The average molecular weight is 402 g/mol. The number of thiocarbonyl (C=S) groups is 1. The zero-order chi connectivity index (χ0) is 19.7. The van der Waals surface area contributed by atoms with Crippen molar-refractivity contribution in [2.45, 2.75) is 27.7 Å². The lowest BCUT2D eigenvalue weighted by atomic mass is 10.1. The van der Waals surface area contributed by atoms with E-state index in [2.05, 4.69) is 10.6 Å². The van der Waals surface area contributed by atoms with Gasteiger partial charge in [-0.25, -0.2) is 9.59 Å². The molecule has 10 heteroatoms. The number of thiophene rings is 1. The molecule has 0 unspecified atom stereocenters. The zero-order valence-electron chi connectivity index (χ0n) is 15.1. The van der Waals surface area contributed by atoms with E-state index in [1.54, 1.807) is 27.7 Å². The summed E-state index contributed by atoms with van der Waals surface area (Å²) in [6, 6.07) is 0. The molecule has 0 aliphatic carbocycles. The Bertz CT molecular complexity index is 687. The van der Waals surface area contributed by atoms with Crippen molar-refractivity contribution in [3.05, 3.63) is 16.0 Å². The molecule has 0 saturated carbocycles. The van der Waals surface area contributed by atoms with Crippen LogP contribution in [0.1, 0.15) is 46.4 Å². The number of carbonyl (C=O) groups excluding carboxylic acids is 3. The van der Waals surface area contributed by atoms with Crippen molar-refractivity contribution in [1.82, 2.24) is 5.32 Å². The van der Waals surface area contributed by atoms with Crippen LogP contribution in [0.4, 0.5) is 5.00 Å². The lowest BCUT2D eigenvalue weighted by Gasteiger charge is -2.10. The zero-order valence-corrected chi connectivity index (χ0v) is 16.7. The fourth-order valence-electron chi connectivity index (χ4n) is 1.95. The van der Waals surface area contributed by atoms with Crippen LogP contribution in [-0.2, 0) is 19.0 Å². The molecule has 0 aromatic carbocycles. The van der Waals surface area contributed by atoms with Gasteiger partial charge in [0.2, 0.25) is 0 Å². The van der Waals surface area contributed by atoms with Gasteiger partial charge in [-0.05, 0) is 45.5 Å². The third-order valence-corrected chi connectivity index (χ3v) is 4.45. The van der Waals surface area contributed by atoms with E-state index in [-0.39, 0.29) is 41.9 Å². The number of ether oxygens (including phenoxy) is 3. The first-order chi connectivity index (χ1) is 12.3. The maximum Gasteiger partial charge on any atom is 0.348 e. The topological polar surface area (TPSA) is 103 Å². The van der Waals surface area contributed by atoms with Gasteiger partial charge in [-0.2, -0.15) is 0 Å². The predicted octanol–water partition coefficient (Wildman–Crippen LogP) is 2.26. The monoisotopic (exact) mass is 402 g/mol. The summed E-state index contributed by atoms with van der Waals surface area (Å²) in [7, 11) is 0. The van der Waals surface area contributed by atoms with Gasteiger partial charge >= 0.3 is 17.9 Å². The lowest BCUT2D eigenvalue weighted by Crippen LogP contribution is -2.34. The molecule has 26 heavy (non-hydrogen) atoms. The van der Waals surface area contributed by atoms with Gasteiger partial charge in [-0.1, -0.05) is 0 Å². The SMILES string of the molecule is CCOC(=O)CNC(=S)Nc1sc(C(=O)OCC)c(C)c1C(=O)OCC. The molecule has 0 bridgehead atoms. The molecule has 144 valence electrons. The lowest BCUT2D eigenvalue weighted by molar-refractivity contribution is -0.141. The maximum atomic E-state index is 12.3. The van der Waals surface area contributed by atoms with Crippen molar-refractivity contribution in [3.8, 4) is 0 Å². The van der Waals surface area contributed by atoms with E-state index in [1.165, 1.54) is 0 Å². The first-order valence-electron chi connectivity index (χ1n) is 8.03. The van der Waals surface area contributed by atoms with E-state index in [4.69, 9.17) is 26.4 Å². The summed E-state index contributed by atoms with van der Waals surface area (Å²) in [5.74, 6) is -1.57. The predicted molar refractivity (Wildman–Crippen MR) is 102 cm³/mol. The summed E-state index contributed by atoms with van der Waals surface area (Å²) >= 11 is 6.16. The number of rotatable bonds is 8. The second-order valence-corrected chi connectivity index (χ2v) is 6.24. The highest BCUT2D eigenvalue weighted by Crippen LogP contribution is 2.34. The second kappa shape index (κ2) is 10.7. The highest BCUT2D eigenvalue weighted by atomic mass is 32.1. The molecule has 0 fully saturated rings. The number of anilines is 1. The molecule has 0 spiro atoms. The van der Waals surface area contributed by atoms with E-state index in [1.807, 2.05) is 0 Å². The largest absolute Gasteiger partial charge is 0.465 e. The molecular weight excluding hydrogens is 380 g/mol. The molecule has 0 aliphatic rings. The summed E-state index contributed by atoms with van der Waals surface area (Å²) in [4.78, 5) is 36.0. The van der Waals surface area contributed by atoms with Gasteiger partial charge in [0.15, 0.2) is 5.11 Å². The normalized spacial score (nSPS) is 10.0. The highest BCUT2D eigenvalue weighted by molar-refractivity contribution is 7.80. The van der Waals surface area contributed by atoms with Crippen molar-refractivity contribution < 1.29 is 28.6 Å². The van der Waals surface area contributed by atoms with E-state index < -0.39 is 17.9 Å². The van der Waals surface area contributed by atoms with E-state index in [0.717, 1.165) is 11.3 Å². The molecular formula is C16H22N2O6S2. The number of hydrogen-bond donors (Lipinski definition) is 2. The molecule has 0 atom stereocenters. The smallest absolute Gasteiger partial charge is 0.348 e. The van der Waals surface area contributed by atoms with Gasteiger partial charge in [0.1, 0.15) is 16.4 Å². The van der Waals surface area contributed by atoms with E-state index >= 15 is 0 Å². The van der Waals surface area contributed by atoms with Crippen molar-refractivity contribution in [1.29, 1.82) is 0 Å². The number of esters is 3. The molecule has 1 aromatic rings. The van der Waals surface area contributed by atoms with Gasteiger partial charge in [0.25, 0.3) is 0 Å². The Morgan fingerprint density at radius 3 is 2.15 bits per heavy atom. The quantitative estimate of drug-likeness (QED) is 0.385. The molecule has 1 aromatic heterocycles. The van der Waals surface area contributed by atoms with Crippen LogP contribution in [-0.4, -0.2) is 49.4 Å². The molecule has 1 rings (SSSR count). The van der Waals surface area contributed by atoms with Crippen molar-refractivity contribution >= 4 is 51.6 Å². The van der Waals surface area contributed by atoms with Crippen LogP contribution in [0.25, 0.3) is 0 Å². The van der Waals surface area contributed by atoms with Crippen LogP contribution in [0.15, 0.2) is 0 Å².